The fourth-order valence-electron chi connectivity index (χ4n) is 1.64. The maximum absolute atomic E-state index is 11.2. The number of carbonyl (C=O) groups is 2. The normalized spacial score (nSPS) is 13.9. The Labute approximate surface area is 102 Å². The number of anilines is 2. The molecular weight excluding hydrogens is 272 g/mol. The smallest absolute Gasteiger partial charge is 0.235 e. The summed E-state index contributed by atoms with van der Waals surface area (Å²) in [5, 5.41) is 5.77. The lowest BCUT2D eigenvalue weighted by Gasteiger charge is -2.17. The van der Waals surface area contributed by atoms with Crippen molar-refractivity contribution in [2.45, 2.75) is 12.8 Å². The van der Waals surface area contributed by atoms with E-state index in [0.717, 1.165) is 17.7 Å². The van der Waals surface area contributed by atoms with Gasteiger partial charge < -0.3 is 10.6 Å². The van der Waals surface area contributed by atoms with Gasteiger partial charge in [0.25, 0.3) is 0 Å². The standard InChI is InChI=1S/C11H11BrN2O2/c12-6-11(16)13-8-3-1-7-2-4-10(15)14-9(7)5-8/h1,3,5H,2,4,6H2,(H,13,16)(H,14,15). The van der Waals surface area contributed by atoms with Crippen LogP contribution < -0.4 is 10.6 Å². The summed E-state index contributed by atoms with van der Waals surface area (Å²) in [5.74, 6) is -0.0847. The summed E-state index contributed by atoms with van der Waals surface area (Å²) in [6.45, 7) is 0. The Bertz CT molecular complexity index is 446. The van der Waals surface area contributed by atoms with Crippen molar-refractivity contribution in [1.82, 2.24) is 0 Å². The van der Waals surface area contributed by atoms with Gasteiger partial charge in [-0.15, -0.1) is 0 Å². The molecule has 0 saturated heterocycles. The van der Waals surface area contributed by atoms with Crippen molar-refractivity contribution in [2.24, 2.45) is 0 Å². The third-order valence-corrected chi connectivity index (χ3v) is 2.92. The zero-order chi connectivity index (χ0) is 11.5. The van der Waals surface area contributed by atoms with E-state index in [1.807, 2.05) is 12.1 Å². The van der Waals surface area contributed by atoms with Crippen molar-refractivity contribution in [3.63, 3.8) is 0 Å². The molecule has 0 saturated carbocycles. The number of carbonyl (C=O) groups excluding carboxylic acids is 2. The fraction of sp³-hybridized carbons (Fsp3) is 0.273. The molecule has 0 bridgehead atoms. The number of aryl methyl sites for hydroxylation is 1. The monoisotopic (exact) mass is 282 g/mol. The van der Waals surface area contributed by atoms with E-state index in [2.05, 4.69) is 26.6 Å². The van der Waals surface area contributed by atoms with Crippen LogP contribution in [0.4, 0.5) is 11.4 Å². The second-order valence-corrected chi connectivity index (χ2v) is 4.16. The quantitative estimate of drug-likeness (QED) is 0.814. The minimum Gasteiger partial charge on any atom is -0.326 e. The Kier molecular flexibility index (Phi) is 3.24. The zero-order valence-electron chi connectivity index (χ0n) is 8.55. The third-order valence-electron chi connectivity index (χ3n) is 2.41. The molecule has 5 heteroatoms. The topological polar surface area (TPSA) is 58.2 Å². The molecular formula is C11H11BrN2O2. The molecule has 1 aromatic carbocycles. The average Bonchev–Trinajstić information content (AvgIpc) is 2.28. The first-order valence-corrected chi connectivity index (χ1v) is 6.10. The van der Waals surface area contributed by atoms with Crippen molar-refractivity contribution in [2.75, 3.05) is 16.0 Å². The average molecular weight is 283 g/mol. The van der Waals surface area contributed by atoms with E-state index in [4.69, 9.17) is 0 Å². The van der Waals surface area contributed by atoms with Gasteiger partial charge in [0.15, 0.2) is 0 Å². The van der Waals surface area contributed by atoms with Crippen molar-refractivity contribution >= 4 is 39.1 Å². The first kappa shape index (κ1) is 11.1. The second kappa shape index (κ2) is 4.65. The highest BCUT2D eigenvalue weighted by molar-refractivity contribution is 9.09. The maximum atomic E-state index is 11.2. The number of alkyl halides is 1. The number of fused-ring (bicyclic) bond motifs is 1. The maximum Gasteiger partial charge on any atom is 0.235 e. The van der Waals surface area contributed by atoms with Gasteiger partial charge in [0.2, 0.25) is 11.8 Å². The summed E-state index contributed by atoms with van der Waals surface area (Å²) in [6, 6.07) is 5.56. The number of hydrogen-bond donors (Lipinski definition) is 2. The number of hydrogen-bond acceptors (Lipinski definition) is 2. The first-order valence-electron chi connectivity index (χ1n) is 4.97. The summed E-state index contributed by atoms with van der Waals surface area (Å²) in [4.78, 5) is 22.4. The molecule has 0 aliphatic carbocycles. The van der Waals surface area contributed by atoms with E-state index >= 15 is 0 Å². The summed E-state index contributed by atoms with van der Waals surface area (Å²) in [5.41, 5.74) is 2.60. The van der Waals surface area contributed by atoms with E-state index in [-0.39, 0.29) is 17.1 Å². The predicted octanol–water partition coefficient (Wildman–Crippen LogP) is 1.90. The molecule has 2 N–H and O–H groups in total. The molecule has 0 radical (unpaired) electrons. The molecule has 1 aromatic rings. The van der Waals surface area contributed by atoms with Crippen molar-refractivity contribution in [1.29, 1.82) is 0 Å². The second-order valence-electron chi connectivity index (χ2n) is 3.60. The van der Waals surface area contributed by atoms with E-state index in [9.17, 15) is 9.59 Å². The van der Waals surface area contributed by atoms with E-state index in [0.29, 0.717) is 12.1 Å². The molecule has 0 spiro atoms. The van der Waals surface area contributed by atoms with Crippen LogP contribution in [0.3, 0.4) is 0 Å². The van der Waals surface area contributed by atoms with Gasteiger partial charge >= 0.3 is 0 Å². The summed E-state index contributed by atoms with van der Waals surface area (Å²) in [6.07, 6.45) is 1.29. The fourth-order valence-corrected chi connectivity index (χ4v) is 1.78. The number of halogens is 1. The lowest BCUT2D eigenvalue weighted by Crippen LogP contribution is -2.19. The number of benzene rings is 1. The Morgan fingerprint density at radius 1 is 1.44 bits per heavy atom. The summed E-state index contributed by atoms with van der Waals surface area (Å²) >= 11 is 3.07. The molecule has 16 heavy (non-hydrogen) atoms. The number of nitrogens with one attached hydrogen (secondary N) is 2. The summed E-state index contributed by atoms with van der Waals surface area (Å²) < 4.78 is 0. The largest absolute Gasteiger partial charge is 0.326 e. The predicted molar refractivity (Wildman–Crippen MR) is 65.8 cm³/mol. The molecule has 84 valence electrons. The third kappa shape index (κ3) is 2.41. The van der Waals surface area contributed by atoms with Crippen LogP contribution >= 0.6 is 15.9 Å². The van der Waals surface area contributed by atoms with Crippen LogP contribution in [0.5, 0.6) is 0 Å². The highest BCUT2D eigenvalue weighted by Crippen LogP contribution is 2.25. The minimum atomic E-state index is -0.109. The van der Waals surface area contributed by atoms with Crippen LogP contribution in [0.25, 0.3) is 0 Å². The molecule has 0 atom stereocenters. The van der Waals surface area contributed by atoms with Crippen LogP contribution in [-0.2, 0) is 16.0 Å². The molecule has 1 aliphatic heterocycles. The minimum absolute atomic E-state index is 0.0245. The van der Waals surface area contributed by atoms with Crippen molar-refractivity contribution in [3.8, 4) is 0 Å². The van der Waals surface area contributed by atoms with Gasteiger partial charge in [0.1, 0.15) is 0 Å². The Balaban J connectivity index is 2.21. The summed E-state index contributed by atoms with van der Waals surface area (Å²) in [7, 11) is 0. The van der Waals surface area contributed by atoms with Crippen LogP contribution in [0.15, 0.2) is 18.2 Å². The molecule has 0 aromatic heterocycles. The van der Waals surface area contributed by atoms with Gasteiger partial charge in [-0.3, -0.25) is 9.59 Å². The number of rotatable bonds is 2. The van der Waals surface area contributed by atoms with Gasteiger partial charge in [0, 0.05) is 17.8 Å². The van der Waals surface area contributed by atoms with E-state index in [1.165, 1.54) is 0 Å². The molecule has 1 heterocycles. The zero-order valence-corrected chi connectivity index (χ0v) is 10.1. The lowest BCUT2D eigenvalue weighted by atomic mass is 10.0. The molecule has 2 rings (SSSR count). The molecule has 0 unspecified atom stereocenters. The Morgan fingerprint density at radius 3 is 3.00 bits per heavy atom. The van der Waals surface area contributed by atoms with Crippen molar-refractivity contribution < 1.29 is 9.59 Å². The van der Waals surface area contributed by atoms with Gasteiger partial charge in [-0.25, -0.2) is 0 Å². The highest BCUT2D eigenvalue weighted by Gasteiger charge is 2.14. The van der Waals surface area contributed by atoms with Gasteiger partial charge in [0.05, 0.1) is 5.33 Å². The van der Waals surface area contributed by atoms with Crippen LogP contribution in [-0.4, -0.2) is 17.1 Å². The van der Waals surface area contributed by atoms with Crippen LogP contribution in [0, 0.1) is 0 Å². The lowest BCUT2D eigenvalue weighted by molar-refractivity contribution is -0.116. The van der Waals surface area contributed by atoms with E-state index < -0.39 is 0 Å². The molecule has 0 fully saturated rings. The van der Waals surface area contributed by atoms with E-state index in [1.54, 1.807) is 6.07 Å². The Morgan fingerprint density at radius 2 is 2.25 bits per heavy atom. The van der Waals surface area contributed by atoms with Gasteiger partial charge in [-0.05, 0) is 24.1 Å². The van der Waals surface area contributed by atoms with Gasteiger partial charge in [-0.2, -0.15) is 0 Å². The van der Waals surface area contributed by atoms with Crippen molar-refractivity contribution in [3.05, 3.63) is 23.8 Å². The molecule has 4 nitrogen and oxygen atoms in total. The molecule has 1 aliphatic rings. The number of amides is 2. The van der Waals surface area contributed by atoms with Crippen LogP contribution in [0.2, 0.25) is 0 Å². The first-order chi connectivity index (χ1) is 7.69. The molecule has 2 amide bonds. The van der Waals surface area contributed by atoms with Crippen LogP contribution in [0.1, 0.15) is 12.0 Å². The Hall–Kier alpha value is -1.36. The van der Waals surface area contributed by atoms with Gasteiger partial charge in [-0.1, -0.05) is 22.0 Å². The highest BCUT2D eigenvalue weighted by atomic mass is 79.9. The SMILES string of the molecule is O=C(CBr)Nc1ccc2c(c1)NC(=O)CC2.